The molecule has 2 amide bonds. The molecule has 2 fully saturated rings. The lowest BCUT2D eigenvalue weighted by Crippen LogP contribution is -2.49. The van der Waals surface area contributed by atoms with Crippen LogP contribution < -0.4 is 10.6 Å². The predicted molar refractivity (Wildman–Crippen MR) is 100 cm³/mol. The highest BCUT2D eigenvalue weighted by Crippen LogP contribution is 2.26. The number of carbonyl (C=O) groups is 2. The number of amides is 2. The summed E-state index contributed by atoms with van der Waals surface area (Å²) in [5, 5.41) is 6.53. The molecule has 0 saturated carbocycles. The van der Waals surface area contributed by atoms with Gasteiger partial charge in [-0.3, -0.25) is 14.5 Å². The number of likely N-dealkylation sites (N-methyl/N-ethyl adjacent to an activating group) is 1. The lowest BCUT2D eigenvalue weighted by Gasteiger charge is -2.34. The second kappa shape index (κ2) is 8.84. The number of hydrogen-bond donors (Lipinski definition) is 2. The first-order chi connectivity index (χ1) is 12.6. The Morgan fingerprint density at radius 1 is 1.31 bits per heavy atom. The largest absolute Gasteiger partial charge is 0.381 e. The molecule has 1 aromatic carbocycles. The molecule has 142 valence electrons. The molecule has 6 nitrogen and oxygen atoms in total. The van der Waals surface area contributed by atoms with Gasteiger partial charge in [0.2, 0.25) is 5.91 Å². The van der Waals surface area contributed by atoms with Gasteiger partial charge in [-0.25, -0.2) is 0 Å². The van der Waals surface area contributed by atoms with Crippen LogP contribution in [0.2, 0.25) is 5.02 Å². The Balaban J connectivity index is 1.68. The van der Waals surface area contributed by atoms with Crippen LogP contribution in [-0.2, 0) is 9.53 Å². The molecule has 0 aliphatic carbocycles. The number of ether oxygens (including phenoxy) is 1. The Bertz CT molecular complexity index is 649. The maximum Gasteiger partial charge on any atom is 0.251 e. The van der Waals surface area contributed by atoms with Crippen molar-refractivity contribution in [3.63, 3.8) is 0 Å². The SMILES string of the molecule is CCNC(=O)[C@@H]1C[C@H](NC(=O)c2cccc(Cl)c2)CN1C1CCOCC1. The average molecular weight is 380 g/mol. The number of halogens is 1. The zero-order valence-corrected chi connectivity index (χ0v) is 15.8. The average Bonchev–Trinajstić information content (AvgIpc) is 3.06. The molecule has 0 bridgehead atoms. The highest BCUT2D eigenvalue weighted by Gasteiger charge is 2.41. The highest BCUT2D eigenvalue weighted by atomic mass is 35.5. The third-order valence-corrected chi connectivity index (χ3v) is 5.31. The standard InChI is InChI=1S/C19H26ClN3O3/c1-2-21-19(25)17-11-15(12-23(17)16-6-8-26-9-7-16)22-18(24)13-4-3-5-14(20)10-13/h3-5,10,15-17H,2,6-9,11-12H2,1H3,(H,21,25)(H,22,24)/t15-,17-/m0/s1. The van der Waals surface area contributed by atoms with E-state index in [1.54, 1.807) is 24.3 Å². The van der Waals surface area contributed by atoms with Crippen LogP contribution in [0, 0.1) is 0 Å². The van der Waals surface area contributed by atoms with Gasteiger partial charge < -0.3 is 15.4 Å². The Morgan fingerprint density at radius 3 is 2.77 bits per heavy atom. The topological polar surface area (TPSA) is 70.7 Å². The summed E-state index contributed by atoms with van der Waals surface area (Å²) in [5.41, 5.74) is 0.538. The number of hydrogen-bond acceptors (Lipinski definition) is 4. The van der Waals surface area contributed by atoms with E-state index in [0.717, 1.165) is 26.1 Å². The van der Waals surface area contributed by atoms with E-state index in [0.29, 0.717) is 36.1 Å². The third kappa shape index (κ3) is 4.55. The van der Waals surface area contributed by atoms with Crippen molar-refractivity contribution in [2.24, 2.45) is 0 Å². The molecule has 0 spiro atoms. The third-order valence-electron chi connectivity index (χ3n) is 5.07. The van der Waals surface area contributed by atoms with Gasteiger partial charge in [0.1, 0.15) is 0 Å². The fourth-order valence-electron chi connectivity index (χ4n) is 3.83. The van der Waals surface area contributed by atoms with E-state index in [4.69, 9.17) is 16.3 Å². The Labute approximate surface area is 159 Å². The number of likely N-dealkylation sites (tertiary alicyclic amines) is 1. The van der Waals surface area contributed by atoms with E-state index in [2.05, 4.69) is 15.5 Å². The fourth-order valence-corrected chi connectivity index (χ4v) is 4.02. The molecule has 0 radical (unpaired) electrons. The molecule has 2 saturated heterocycles. The van der Waals surface area contributed by atoms with Crippen molar-refractivity contribution >= 4 is 23.4 Å². The van der Waals surface area contributed by atoms with Crippen LogP contribution in [-0.4, -0.2) is 61.1 Å². The Morgan fingerprint density at radius 2 is 2.08 bits per heavy atom. The highest BCUT2D eigenvalue weighted by molar-refractivity contribution is 6.30. The number of rotatable bonds is 5. The fraction of sp³-hybridized carbons (Fsp3) is 0.579. The molecule has 3 rings (SSSR count). The summed E-state index contributed by atoms with van der Waals surface area (Å²) in [6, 6.07) is 6.96. The zero-order valence-electron chi connectivity index (χ0n) is 15.0. The van der Waals surface area contributed by atoms with Gasteiger partial charge in [-0.15, -0.1) is 0 Å². The van der Waals surface area contributed by atoms with Crippen molar-refractivity contribution in [2.75, 3.05) is 26.3 Å². The molecule has 2 aliphatic rings. The summed E-state index contributed by atoms with van der Waals surface area (Å²) in [5.74, 6) is -0.112. The van der Waals surface area contributed by atoms with Gasteiger partial charge in [0.05, 0.1) is 6.04 Å². The molecule has 2 N–H and O–H groups in total. The second-order valence-electron chi connectivity index (χ2n) is 6.87. The van der Waals surface area contributed by atoms with Crippen molar-refractivity contribution in [1.82, 2.24) is 15.5 Å². The number of nitrogens with zero attached hydrogens (tertiary/aromatic N) is 1. The van der Waals surface area contributed by atoms with Gasteiger partial charge >= 0.3 is 0 Å². The predicted octanol–water partition coefficient (Wildman–Crippen LogP) is 1.83. The van der Waals surface area contributed by atoms with Crippen LogP contribution in [0.4, 0.5) is 0 Å². The van der Waals surface area contributed by atoms with Crippen LogP contribution in [0.25, 0.3) is 0 Å². The molecule has 26 heavy (non-hydrogen) atoms. The first kappa shape index (κ1) is 19.1. The van der Waals surface area contributed by atoms with E-state index in [1.165, 1.54) is 0 Å². The van der Waals surface area contributed by atoms with Gasteiger partial charge in [-0.1, -0.05) is 17.7 Å². The van der Waals surface area contributed by atoms with E-state index in [9.17, 15) is 9.59 Å². The summed E-state index contributed by atoms with van der Waals surface area (Å²) < 4.78 is 5.45. The maximum absolute atomic E-state index is 12.5. The van der Waals surface area contributed by atoms with Crippen molar-refractivity contribution in [3.8, 4) is 0 Å². The minimum atomic E-state index is -0.206. The molecular weight excluding hydrogens is 354 g/mol. The van der Waals surface area contributed by atoms with Gasteiger partial charge in [0, 0.05) is 49.0 Å². The summed E-state index contributed by atoms with van der Waals surface area (Å²) in [7, 11) is 0. The molecule has 0 unspecified atom stereocenters. The van der Waals surface area contributed by atoms with Gasteiger partial charge in [0.15, 0.2) is 0 Å². The summed E-state index contributed by atoms with van der Waals surface area (Å²) in [6.07, 6.45) is 2.46. The lowest BCUT2D eigenvalue weighted by molar-refractivity contribution is -0.126. The normalized spacial score (nSPS) is 24.4. The molecule has 2 atom stereocenters. The van der Waals surface area contributed by atoms with E-state index in [1.807, 2.05) is 6.92 Å². The van der Waals surface area contributed by atoms with Crippen molar-refractivity contribution in [2.45, 2.75) is 44.3 Å². The number of nitrogens with one attached hydrogen (secondary N) is 2. The van der Waals surface area contributed by atoms with E-state index >= 15 is 0 Å². The van der Waals surface area contributed by atoms with Crippen LogP contribution in [0.3, 0.4) is 0 Å². The van der Waals surface area contributed by atoms with E-state index in [-0.39, 0.29) is 23.9 Å². The van der Waals surface area contributed by atoms with Crippen molar-refractivity contribution in [3.05, 3.63) is 34.9 Å². The molecular formula is C19H26ClN3O3. The minimum Gasteiger partial charge on any atom is -0.381 e. The molecule has 0 aromatic heterocycles. The zero-order chi connectivity index (χ0) is 18.5. The Hall–Kier alpha value is -1.63. The summed E-state index contributed by atoms with van der Waals surface area (Å²) >= 11 is 5.98. The molecule has 1 aromatic rings. The van der Waals surface area contributed by atoms with Crippen molar-refractivity contribution in [1.29, 1.82) is 0 Å². The molecule has 7 heteroatoms. The van der Waals surface area contributed by atoms with Crippen LogP contribution >= 0.6 is 11.6 Å². The first-order valence-electron chi connectivity index (χ1n) is 9.26. The van der Waals surface area contributed by atoms with Gasteiger partial charge in [-0.2, -0.15) is 0 Å². The van der Waals surface area contributed by atoms with Gasteiger partial charge in [-0.05, 0) is 44.4 Å². The van der Waals surface area contributed by atoms with Crippen molar-refractivity contribution < 1.29 is 14.3 Å². The first-order valence-corrected chi connectivity index (χ1v) is 9.64. The monoisotopic (exact) mass is 379 g/mol. The van der Waals surface area contributed by atoms with Crippen LogP contribution in [0.15, 0.2) is 24.3 Å². The molecule has 2 heterocycles. The lowest BCUT2D eigenvalue weighted by atomic mass is 10.1. The van der Waals surface area contributed by atoms with Gasteiger partial charge in [0.25, 0.3) is 5.91 Å². The molecule has 2 aliphatic heterocycles. The second-order valence-corrected chi connectivity index (χ2v) is 7.30. The van der Waals surface area contributed by atoms with Crippen LogP contribution in [0.5, 0.6) is 0 Å². The number of benzene rings is 1. The summed E-state index contributed by atoms with van der Waals surface area (Å²) in [6.45, 7) is 4.66. The maximum atomic E-state index is 12.5. The summed E-state index contributed by atoms with van der Waals surface area (Å²) in [4.78, 5) is 27.3. The van der Waals surface area contributed by atoms with E-state index < -0.39 is 0 Å². The minimum absolute atomic E-state index is 0.0403. The van der Waals surface area contributed by atoms with Crippen LogP contribution in [0.1, 0.15) is 36.5 Å². The smallest absolute Gasteiger partial charge is 0.251 e. The quantitative estimate of drug-likeness (QED) is 0.818. The Kier molecular flexibility index (Phi) is 6.51. The number of carbonyl (C=O) groups excluding carboxylic acids is 2.